The van der Waals surface area contributed by atoms with E-state index in [0.717, 1.165) is 0 Å². The molecule has 0 spiro atoms. The number of carboxylic acid groups (broad SMARTS) is 1. The molecule has 21 heavy (non-hydrogen) atoms. The summed E-state index contributed by atoms with van der Waals surface area (Å²) in [7, 11) is 1.37. The third-order valence-corrected chi connectivity index (χ3v) is 2.72. The highest BCUT2D eigenvalue weighted by Crippen LogP contribution is 2.23. The number of nitrogens with one attached hydrogen (secondary N) is 2. The van der Waals surface area contributed by atoms with Gasteiger partial charge in [-0.15, -0.1) is 0 Å². The Morgan fingerprint density at radius 1 is 1.00 bits per heavy atom. The summed E-state index contributed by atoms with van der Waals surface area (Å²) in [6.45, 7) is 0. The lowest BCUT2D eigenvalue weighted by Crippen LogP contribution is -2.19. The van der Waals surface area contributed by atoms with Crippen LogP contribution in [-0.4, -0.2) is 24.2 Å². The van der Waals surface area contributed by atoms with E-state index >= 15 is 0 Å². The predicted molar refractivity (Wildman–Crippen MR) is 79.0 cm³/mol. The van der Waals surface area contributed by atoms with Crippen molar-refractivity contribution in [2.24, 2.45) is 0 Å². The Balaban J connectivity index is 2.09. The molecular weight excluding hydrogens is 272 g/mol. The zero-order valence-electron chi connectivity index (χ0n) is 11.3. The van der Waals surface area contributed by atoms with E-state index in [9.17, 15) is 9.59 Å². The number of para-hydroxylation sites is 1. The van der Waals surface area contributed by atoms with Crippen LogP contribution in [0.4, 0.5) is 16.2 Å². The van der Waals surface area contributed by atoms with E-state index in [2.05, 4.69) is 10.6 Å². The van der Waals surface area contributed by atoms with Gasteiger partial charge in [-0.25, -0.2) is 9.59 Å². The maximum absolute atomic E-state index is 11.8. The number of ether oxygens (including phenoxy) is 1. The normalized spacial score (nSPS) is 9.76. The first-order chi connectivity index (χ1) is 10.1. The summed E-state index contributed by atoms with van der Waals surface area (Å²) in [5.74, 6) is -0.910. The highest BCUT2D eigenvalue weighted by molar-refractivity contribution is 6.00. The molecule has 0 aromatic heterocycles. The van der Waals surface area contributed by atoms with Gasteiger partial charge in [0.15, 0.2) is 0 Å². The number of hydrogen-bond acceptors (Lipinski definition) is 3. The molecule has 0 aliphatic carbocycles. The first-order valence-corrected chi connectivity index (χ1v) is 6.14. The van der Waals surface area contributed by atoms with Gasteiger partial charge in [-0.05, 0) is 24.3 Å². The molecule has 0 saturated carbocycles. The number of rotatable bonds is 4. The fraction of sp³-hybridized carbons (Fsp3) is 0.0667. The van der Waals surface area contributed by atoms with Gasteiger partial charge < -0.3 is 20.5 Å². The summed E-state index contributed by atoms with van der Waals surface area (Å²) in [5.41, 5.74) is 1.13. The molecule has 0 unspecified atom stereocenters. The average molecular weight is 286 g/mol. The molecule has 2 aromatic carbocycles. The Labute approximate surface area is 121 Å². The second-order valence-corrected chi connectivity index (χ2v) is 4.17. The van der Waals surface area contributed by atoms with Crippen molar-refractivity contribution in [1.82, 2.24) is 0 Å². The summed E-state index contributed by atoms with van der Waals surface area (Å²) in [5, 5.41) is 14.3. The molecule has 0 aliphatic rings. The minimum Gasteiger partial charge on any atom is -0.496 e. The molecule has 6 nitrogen and oxygen atoms in total. The third kappa shape index (κ3) is 3.73. The predicted octanol–water partition coefficient (Wildman–Crippen LogP) is 3.04. The largest absolute Gasteiger partial charge is 0.496 e. The van der Waals surface area contributed by atoms with Crippen LogP contribution in [-0.2, 0) is 0 Å². The molecule has 0 saturated heterocycles. The van der Waals surface area contributed by atoms with Crippen LogP contribution in [0.3, 0.4) is 0 Å². The number of carboxylic acids is 1. The van der Waals surface area contributed by atoms with Gasteiger partial charge >= 0.3 is 12.0 Å². The number of carbonyl (C=O) groups excluding carboxylic acids is 1. The molecule has 2 aromatic rings. The van der Waals surface area contributed by atoms with E-state index in [-0.39, 0.29) is 11.3 Å². The summed E-state index contributed by atoms with van der Waals surface area (Å²) < 4.78 is 4.99. The fourth-order valence-electron chi connectivity index (χ4n) is 1.76. The van der Waals surface area contributed by atoms with E-state index in [0.29, 0.717) is 11.4 Å². The van der Waals surface area contributed by atoms with Crippen LogP contribution in [0.2, 0.25) is 0 Å². The Morgan fingerprint density at radius 2 is 1.67 bits per heavy atom. The van der Waals surface area contributed by atoms with E-state index in [4.69, 9.17) is 9.84 Å². The van der Waals surface area contributed by atoms with Crippen molar-refractivity contribution in [2.45, 2.75) is 0 Å². The molecule has 108 valence electrons. The van der Waals surface area contributed by atoms with E-state index in [1.165, 1.54) is 25.3 Å². The van der Waals surface area contributed by atoms with Crippen molar-refractivity contribution in [1.29, 1.82) is 0 Å². The molecule has 2 amide bonds. The lowest BCUT2D eigenvalue weighted by atomic mass is 10.2. The second-order valence-electron chi connectivity index (χ2n) is 4.17. The number of carbonyl (C=O) groups is 2. The highest BCUT2D eigenvalue weighted by Gasteiger charge is 2.12. The van der Waals surface area contributed by atoms with Gasteiger partial charge in [-0.3, -0.25) is 0 Å². The zero-order valence-corrected chi connectivity index (χ0v) is 11.3. The van der Waals surface area contributed by atoms with Gasteiger partial charge in [0, 0.05) is 17.4 Å². The van der Waals surface area contributed by atoms with Crippen LogP contribution in [0, 0.1) is 0 Å². The van der Waals surface area contributed by atoms with Gasteiger partial charge in [-0.2, -0.15) is 0 Å². The quantitative estimate of drug-likeness (QED) is 0.806. The topological polar surface area (TPSA) is 87.7 Å². The number of amides is 2. The van der Waals surface area contributed by atoms with E-state index in [1.54, 1.807) is 24.3 Å². The molecule has 0 bridgehead atoms. The van der Waals surface area contributed by atoms with Crippen molar-refractivity contribution in [3.63, 3.8) is 0 Å². The van der Waals surface area contributed by atoms with Crippen LogP contribution >= 0.6 is 0 Å². The van der Waals surface area contributed by atoms with Crippen molar-refractivity contribution < 1.29 is 19.4 Å². The Kier molecular flexibility index (Phi) is 4.40. The lowest BCUT2D eigenvalue weighted by Gasteiger charge is -2.10. The van der Waals surface area contributed by atoms with Crippen LogP contribution in [0.15, 0.2) is 48.5 Å². The Hall–Kier alpha value is -3.02. The molecule has 6 heteroatoms. The third-order valence-electron chi connectivity index (χ3n) is 2.72. The standard InChI is InChI=1S/C15H14N2O4/c1-21-13-9-11(7-8-12(13)14(18)19)17-15(20)16-10-5-3-2-4-6-10/h2-9H,1H3,(H,18,19)(H2,16,17,20). The lowest BCUT2D eigenvalue weighted by molar-refractivity contribution is 0.0693. The van der Waals surface area contributed by atoms with Crippen LogP contribution in [0.1, 0.15) is 10.4 Å². The average Bonchev–Trinajstić information content (AvgIpc) is 2.47. The maximum atomic E-state index is 11.8. The number of urea groups is 1. The summed E-state index contributed by atoms with van der Waals surface area (Å²) >= 11 is 0. The Bertz CT molecular complexity index is 656. The fourth-order valence-corrected chi connectivity index (χ4v) is 1.76. The summed E-state index contributed by atoms with van der Waals surface area (Å²) in [4.78, 5) is 22.8. The van der Waals surface area contributed by atoms with Crippen LogP contribution < -0.4 is 15.4 Å². The van der Waals surface area contributed by atoms with Gasteiger partial charge in [0.25, 0.3) is 0 Å². The first kappa shape index (κ1) is 14.4. The first-order valence-electron chi connectivity index (χ1n) is 6.14. The van der Waals surface area contributed by atoms with Crippen molar-refractivity contribution in [3.8, 4) is 5.75 Å². The van der Waals surface area contributed by atoms with Crippen molar-refractivity contribution in [2.75, 3.05) is 17.7 Å². The monoisotopic (exact) mass is 286 g/mol. The van der Waals surface area contributed by atoms with Crippen LogP contribution in [0.25, 0.3) is 0 Å². The molecule has 0 heterocycles. The molecule has 2 rings (SSSR count). The van der Waals surface area contributed by atoms with Crippen LogP contribution in [0.5, 0.6) is 5.75 Å². The van der Waals surface area contributed by atoms with Crippen molar-refractivity contribution in [3.05, 3.63) is 54.1 Å². The Morgan fingerprint density at radius 3 is 2.29 bits per heavy atom. The van der Waals surface area contributed by atoms with E-state index in [1.807, 2.05) is 6.07 Å². The summed E-state index contributed by atoms with van der Waals surface area (Å²) in [6.07, 6.45) is 0. The van der Waals surface area contributed by atoms with Gasteiger partial charge in [0.1, 0.15) is 11.3 Å². The molecule has 0 aliphatic heterocycles. The molecule has 0 fully saturated rings. The number of benzene rings is 2. The van der Waals surface area contributed by atoms with Gasteiger partial charge in [-0.1, -0.05) is 18.2 Å². The van der Waals surface area contributed by atoms with Gasteiger partial charge in [0.2, 0.25) is 0 Å². The van der Waals surface area contributed by atoms with E-state index < -0.39 is 12.0 Å². The highest BCUT2D eigenvalue weighted by atomic mass is 16.5. The number of anilines is 2. The van der Waals surface area contributed by atoms with Crippen molar-refractivity contribution >= 4 is 23.4 Å². The smallest absolute Gasteiger partial charge is 0.339 e. The SMILES string of the molecule is COc1cc(NC(=O)Nc2ccccc2)ccc1C(=O)O. The zero-order chi connectivity index (χ0) is 15.2. The molecule has 0 atom stereocenters. The van der Waals surface area contributed by atoms with Gasteiger partial charge in [0.05, 0.1) is 7.11 Å². The summed E-state index contributed by atoms with van der Waals surface area (Å²) in [6, 6.07) is 12.9. The number of hydrogen-bond donors (Lipinski definition) is 3. The minimum absolute atomic E-state index is 0.0338. The molecular formula is C15H14N2O4. The maximum Gasteiger partial charge on any atom is 0.339 e. The minimum atomic E-state index is -1.09. The second kappa shape index (κ2) is 6.42. The molecule has 0 radical (unpaired) electrons. The number of aromatic carboxylic acids is 1. The molecule has 3 N–H and O–H groups in total. The number of methoxy groups -OCH3 is 1.